The molecule has 0 rings (SSSR count). The van der Waals surface area contributed by atoms with Crippen LogP contribution in [0.3, 0.4) is 0 Å². The van der Waals surface area contributed by atoms with Crippen molar-refractivity contribution < 1.29 is 5.11 Å². The Kier molecular flexibility index (Phi) is 8.00. The number of hydrogen-bond acceptors (Lipinski definition) is 1. The van der Waals surface area contributed by atoms with Crippen LogP contribution in [0, 0.1) is 0 Å². The maximum absolute atomic E-state index is 8.32. The molecule has 3 heteroatoms. The van der Waals surface area contributed by atoms with Gasteiger partial charge in [0.25, 0.3) is 0 Å². The Balaban J connectivity index is 2.45. The summed E-state index contributed by atoms with van der Waals surface area (Å²) in [5, 5.41) is 10.7. The molecular formula is C4H10OSe2. The Morgan fingerprint density at radius 2 is 2.14 bits per heavy atom. The van der Waals surface area contributed by atoms with Gasteiger partial charge in [0.2, 0.25) is 0 Å². The molecule has 0 aromatic carbocycles. The normalized spacial score (nSPS) is 9.43. The Morgan fingerprint density at radius 3 is 2.57 bits per heavy atom. The first-order valence-corrected chi connectivity index (χ1v) is 9.02. The van der Waals surface area contributed by atoms with E-state index in [1.165, 1.54) is 5.32 Å². The van der Waals surface area contributed by atoms with Crippen LogP contribution in [-0.2, 0) is 0 Å². The fourth-order valence-electron chi connectivity index (χ4n) is 0.180. The topological polar surface area (TPSA) is 20.2 Å². The summed E-state index contributed by atoms with van der Waals surface area (Å²) in [6.45, 7) is 2.61. The zero-order valence-corrected chi connectivity index (χ0v) is 7.81. The molecule has 0 bridgehead atoms. The second-order valence-electron chi connectivity index (χ2n) is 0.952. The summed E-state index contributed by atoms with van der Waals surface area (Å²) >= 11 is 1.66. The predicted octanol–water partition coefficient (Wildman–Crippen LogP) is 0.159. The molecule has 0 radical (unpaired) electrons. The quantitative estimate of drug-likeness (QED) is 0.540. The zero-order chi connectivity index (χ0) is 5.54. The van der Waals surface area contributed by atoms with Crippen molar-refractivity contribution in [1.29, 1.82) is 0 Å². The minimum atomic E-state index is 0.405. The third-order valence-corrected chi connectivity index (χ3v) is 8.16. The van der Waals surface area contributed by atoms with Gasteiger partial charge in [0.15, 0.2) is 0 Å². The molecule has 0 aliphatic rings. The van der Waals surface area contributed by atoms with Gasteiger partial charge in [0, 0.05) is 0 Å². The van der Waals surface area contributed by atoms with E-state index < -0.39 is 0 Å². The Morgan fingerprint density at radius 1 is 1.43 bits per heavy atom. The third-order valence-electron chi connectivity index (χ3n) is 0.376. The van der Waals surface area contributed by atoms with Crippen molar-refractivity contribution in [1.82, 2.24) is 0 Å². The first-order chi connectivity index (χ1) is 3.41. The molecule has 0 saturated heterocycles. The van der Waals surface area contributed by atoms with Crippen molar-refractivity contribution in [3.05, 3.63) is 0 Å². The zero-order valence-electron chi connectivity index (χ0n) is 4.39. The summed E-state index contributed by atoms with van der Waals surface area (Å²) in [6, 6.07) is 0. The van der Waals surface area contributed by atoms with Gasteiger partial charge in [-0.3, -0.25) is 0 Å². The number of rotatable bonds is 4. The molecule has 0 saturated carbocycles. The molecule has 0 atom stereocenters. The van der Waals surface area contributed by atoms with Crippen LogP contribution in [0.2, 0.25) is 10.6 Å². The molecule has 0 aliphatic heterocycles. The number of aliphatic hydroxyl groups excluding tert-OH is 1. The van der Waals surface area contributed by atoms with Crippen molar-refractivity contribution in [3.8, 4) is 0 Å². The molecule has 0 aromatic heterocycles. The molecule has 0 unspecified atom stereocenters. The molecule has 1 N–H and O–H groups in total. The second-order valence-corrected chi connectivity index (χ2v) is 9.15. The number of hydrogen-bond donors (Lipinski definition) is 1. The summed E-state index contributed by atoms with van der Waals surface area (Å²) in [7, 11) is 0. The Hall–Kier alpha value is 0.999. The van der Waals surface area contributed by atoms with Crippen LogP contribution < -0.4 is 0 Å². The molecule has 0 heterocycles. The summed E-state index contributed by atoms with van der Waals surface area (Å²) < 4.78 is 0. The van der Waals surface area contributed by atoms with Gasteiger partial charge >= 0.3 is 55.5 Å². The van der Waals surface area contributed by atoms with E-state index in [4.69, 9.17) is 5.11 Å². The van der Waals surface area contributed by atoms with Crippen molar-refractivity contribution >= 4 is 26.3 Å². The van der Waals surface area contributed by atoms with Crippen molar-refractivity contribution in [3.63, 3.8) is 0 Å². The summed E-state index contributed by atoms with van der Waals surface area (Å²) in [6.07, 6.45) is 0. The van der Waals surface area contributed by atoms with Gasteiger partial charge < -0.3 is 0 Å². The summed E-state index contributed by atoms with van der Waals surface area (Å²) in [4.78, 5) is 0. The van der Waals surface area contributed by atoms with Crippen LogP contribution in [0.25, 0.3) is 0 Å². The van der Waals surface area contributed by atoms with Crippen molar-refractivity contribution in [2.24, 2.45) is 0 Å². The summed E-state index contributed by atoms with van der Waals surface area (Å²) in [5.74, 6) is 0. The third kappa shape index (κ3) is 7.00. The minimum absolute atomic E-state index is 0.405. The van der Waals surface area contributed by atoms with Crippen molar-refractivity contribution in [2.45, 2.75) is 17.6 Å². The average molecular weight is 232 g/mol. The molecule has 44 valence electrons. The summed E-state index contributed by atoms with van der Waals surface area (Å²) in [5.41, 5.74) is 0. The molecule has 0 aromatic rings. The van der Waals surface area contributed by atoms with E-state index in [1.807, 2.05) is 0 Å². The van der Waals surface area contributed by atoms with Gasteiger partial charge in [-0.1, -0.05) is 0 Å². The molecular weight excluding hydrogens is 222 g/mol. The van der Waals surface area contributed by atoms with Crippen LogP contribution in [0.5, 0.6) is 0 Å². The van der Waals surface area contributed by atoms with E-state index >= 15 is 0 Å². The van der Waals surface area contributed by atoms with Crippen LogP contribution in [0.15, 0.2) is 0 Å². The fourth-order valence-corrected chi connectivity index (χ4v) is 4.85. The molecule has 0 amide bonds. The van der Waals surface area contributed by atoms with Crippen LogP contribution in [-0.4, -0.2) is 38.0 Å². The van der Waals surface area contributed by atoms with Gasteiger partial charge in [-0.2, -0.15) is 0 Å². The van der Waals surface area contributed by atoms with Gasteiger partial charge in [0.1, 0.15) is 0 Å². The van der Waals surface area contributed by atoms with E-state index in [9.17, 15) is 0 Å². The van der Waals surface area contributed by atoms with Gasteiger partial charge in [-0.15, -0.1) is 0 Å². The van der Waals surface area contributed by atoms with Crippen molar-refractivity contribution in [2.75, 3.05) is 6.61 Å². The van der Waals surface area contributed by atoms with E-state index in [0.717, 1.165) is 31.6 Å². The monoisotopic (exact) mass is 234 g/mol. The van der Waals surface area contributed by atoms with E-state index in [2.05, 4.69) is 6.92 Å². The van der Waals surface area contributed by atoms with Crippen LogP contribution in [0.1, 0.15) is 6.92 Å². The molecule has 1 nitrogen and oxygen atoms in total. The van der Waals surface area contributed by atoms with E-state index in [1.54, 1.807) is 0 Å². The first-order valence-electron chi connectivity index (χ1n) is 2.27. The fraction of sp³-hybridized carbons (Fsp3) is 1.00. The molecule has 0 aliphatic carbocycles. The average Bonchev–Trinajstić information content (AvgIpc) is 1.69. The van der Waals surface area contributed by atoms with Gasteiger partial charge in [-0.05, 0) is 0 Å². The van der Waals surface area contributed by atoms with E-state index in [-0.39, 0.29) is 0 Å². The molecule has 0 spiro atoms. The first kappa shape index (κ1) is 8.00. The maximum atomic E-state index is 8.32. The predicted molar refractivity (Wildman–Crippen MR) is 33.9 cm³/mol. The van der Waals surface area contributed by atoms with E-state index in [0.29, 0.717) is 6.61 Å². The van der Waals surface area contributed by atoms with Crippen LogP contribution >= 0.6 is 0 Å². The standard InChI is InChI=1S/C4H10OSe2/c1-2-6-7-4-3-5/h5H,2-4H2,1H3. The van der Waals surface area contributed by atoms with Gasteiger partial charge in [0.05, 0.1) is 0 Å². The molecule has 0 fully saturated rings. The van der Waals surface area contributed by atoms with Crippen LogP contribution in [0.4, 0.5) is 0 Å². The van der Waals surface area contributed by atoms with Gasteiger partial charge in [-0.25, -0.2) is 0 Å². The number of aliphatic hydroxyl groups is 1. The Labute approximate surface area is 55.7 Å². The SMILES string of the molecule is CC[Se][Se]CCO. The molecule has 7 heavy (non-hydrogen) atoms. The Bertz CT molecular complexity index is 28.9. The second kappa shape index (κ2) is 7.00.